The monoisotopic (exact) mass is 152 g/mol. The van der Waals surface area contributed by atoms with Crippen molar-refractivity contribution in [1.29, 1.82) is 0 Å². The molecule has 0 aromatic heterocycles. The summed E-state index contributed by atoms with van der Waals surface area (Å²) in [7, 11) is 0. The van der Waals surface area contributed by atoms with Gasteiger partial charge in [-0.05, 0) is 30.8 Å². The maximum absolute atomic E-state index is 10.2. The molecular formula is C10H16O. The zero-order chi connectivity index (χ0) is 8.28. The molecule has 0 radical (unpaired) electrons. The van der Waals surface area contributed by atoms with Crippen LogP contribution >= 0.6 is 0 Å². The fourth-order valence-electron chi connectivity index (χ4n) is 2.86. The first-order chi connectivity index (χ1) is 4.98. The Bertz CT molecular complexity index is 217. The average molecular weight is 152 g/mol. The molecule has 0 aromatic rings. The van der Waals surface area contributed by atoms with E-state index >= 15 is 0 Å². The van der Waals surface area contributed by atoms with Crippen LogP contribution in [0.4, 0.5) is 0 Å². The van der Waals surface area contributed by atoms with Crippen LogP contribution in [-0.2, 0) is 0 Å². The molecule has 0 aromatic carbocycles. The van der Waals surface area contributed by atoms with Crippen molar-refractivity contribution in [3.63, 3.8) is 0 Å². The van der Waals surface area contributed by atoms with Crippen LogP contribution in [0, 0.1) is 11.3 Å². The van der Waals surface area contributed by atoms with Crippen LogP contribution in [0.5, 0.6) is 0 Å². The van der Waals surface area contributed by atoms with E-state index in [1.165, 1.54) is 6.42 Å². The number of aliphatic hydroxyl groups is 1. The van der Waals surface area contributed by atoms with Crippen LogP contribution in [0.25, 0.3) is 0 Å². The van der Waals surface area contributed by atoms with E-state index in [2.05, 4.69) is 20.4 Å². The highest BCUT2D eigenvalue weighted by molar-refractivity contribution is 5.30. The molecule has 2 aliphatic rings. The van der Waals surface area contributed by atoms with E-state index in [1.807, 2.05) is 0 Å². The van der Waals surface area contributed by atoms with Crippen LogP contribution in [0.1, 0.15) is 33.1 Å². The summed E-state index contributed by atoms with van der Waals surface area (Å²) >= 11 is 0. The maximum atomic E-state index is 10.2. The fraction of sp³-hybridized carbons (Fsp3) is 0.800. The Morgan fingerprint density at radius 3 is 2.36 bits per heavy atom. The first-order valence-electron chi connectivity index (χ1n) is 4.39. The van der Waals surface area contributed by atoms with Crippen molar-refractivity contribution < 1.29 is 5.11 Å². The smallest absolute Gasteiger partial charge is 0.0907 e. The molecule has 0 unspecified atom stereocenters. The van der Waals surface area contributed by atoms with Crippen molar-refractivity contribution >= 4 is 0 Å². The molecule has 62 valence electrons. The molecule has 1 nitrogen and oxygen atoms in total. The Morgan fingerprint density at radius 1 is 1.55 bits per heavy atom. The molecule has 0 saturated heterocycles. The molecule has 1 heteroatoms. The Kier molecular flexibility index (Phi) is 1.15. The van der Waals surface area contributed by atoms with Crippen molar-refractivity contribution in [2.24, 2.45) is 11.3 Å². The van der Waals surface area contributed by atoms with Crippen molar-refractivity contribution in [1.82, 2.24) is 0 Å². The van der Waals surface area contributed by atoms with Crippen LogP contribution < -0.4 is 0 Å². The van der Waals surface area contributed by atoms with Crippen molar-refractivity contribution in [3.8, 4) is 0 Å². The lowest BCUT2D eigenvalue weighted by Crippen LogP contribution is -2.37. The molecule has 0 aliphatic heterocycles. The first-order valence-corrected chi connectivity index (χ1v) is 4.39. The van der Waals surface area contributed by atoms with Crippen molar-refractivity contribution in [3.05, 3.63) is 12.2 Å². The van der Waals surface area contributed by atoms with Gasteiger partial charge in [-0.1, -0.05) is 20.4 Å². The van der Waals surface area contributed by atoms with Gasteiger partial charge in [0.25, 0.3) is 0 Å². The van der Waals surface area contributed by atoms with Crippen molar-refractivity contribution in [2.75, 3.05) is 0 Å². The minimum absolute atomic E-state index is 0.0874. The number of fused-ring (bicyclic) bond motifs is 2. The second-order valence-electron chi connectivity index (χ2n) is 4.63. The lowest BCUT2D eigenvalue weighted by atomic mass is 9.78. The van der Waals surface area contributed by atoms with Crippen LogP contribution in [0.3, 0.4) is 0 Å². The molecule has 2 bridgehead atoms. The molecule has 2 atom stereocenters. The summed E-state index contributed by atoms with van der Waals surface area (Å²) in [6, 6.07) is 0. The summed E-state index contributed by atoms with van der Waals surface area (Å²) in [5.74, 6) is 0.681. The van der Waals surface area contributed by atoms with Gasteiger partial charge in [-0.3, -0.25) is 0 Å². The third kappa shape index (κ3) is 0.610. The quantitative estimate of drug-likeness (QED) is 0.527. The highest BCUT2D eigenvalue weighted by Crippen LogP contribution is 2.61. The van der Waals surface area contributed by atoms with E-state index < -0.39 is 5.60 Å². The summed E-state index contributed by atoms with van der Waals surface area (Å²) in [6.07, 6.45) is 3.16. The van der Waals surface area contributed by atoms with Gasteiger partial charge in [-0.2, -0.15) is 0 Å². The highest BCUT2D eigenvalue weighted by Gasteiger charge is 2.60. The second-order valence-corrected chi connectivity index (χ2v) is 4.63. The van der Waals surface area contributed by atoms with Gasteiger partial charge in [0.1, 0.15) is 0 Å². The number of rotatable bonds is 0. The lowest BCUT2D eigenvalue weighted by Gasteiger charge is -2.33. The summed E-state index contributed by atoms with van der Waals surface area (Å²) in [5, 5.41) is 10.2. The molecular weight excluding hydrogens is 136 g/mol. The normalized spacial score (nSPS) is 46.8. The number of hydrogen-bond acceptors (Lipinski definition) is 1. The van der Waals surface area contributed by atoms with E-state index in [0.29, 0.717) is 5.92 Å². The van der Waals surface area contributed by atoms with Gasteiger partial charge in [0, 0.05) is 5.41 Å². The predicted molar refractivity (Wildman–Crippen MR) is 45.2 cm³/mol. The van der Waals surface area contributed by atoms with E-state index in [9.17, 15) is 5.11 Å². The standard InChI is InChI=1S/C10H16O/c1-7-6-8-4-5-10(7,11)9(8,2)3/h8,11H,1,4-6H2,2-3H3/t8-,10+/m0/s1. The summed E-state index contributed by atoms with van der Waals surface area (Å²) in [4.78, 5) is 0. The zero-order valence-corrected chi connectivity index (χ0v) is 7.35. The van der Waals surface area contributed by atoms with E-state index in [-0.39, 0.29) is 5.41 Å². The SMILES string of the molecule is C=C1C[C@@H]2CC[C@]1(O)C2(C)C. The van der Waals surface area contributed by atoms with Crippen LogP contribution in [-0.4, -0.2) is 10.7 Å². The molecule has 0 spiro atoms. The average Bonchev–Trinajstić information content (AvgIpc) is 2.20. The van der Waals surface area contributed by atoms with Gasteiger partial charge in [0.15, 0.2) is 0 Å². The van der Waals surface area contributed by atoms with Crippen LogP contribution in [0.15, 0.2) is 12.2 Å². The van der Waals surface area contributed by atoms with Crippen LogP contribution in [0.2, 0.25) is 0 Å². The maximum Gasteiger partial charge on any atom is 0.0907 e. The summed E-state index contributed by atoms with van der Waals surface area (Å²) in [5.41, 5.74) is 0.626. The molecule has 2 fully saturated rings. The van der Waals surface area contributed by atoms with E-state index in [1.54, 1.807) is 0 Å². The Morgan fingerprint density at radius 2 is 2.18 bits per heavy atom. The topological polar surface area (TPSA) is 20.2 Å². The molecule has 0 heterocycles. The minimum Gasteiger partial charge on any atom is -0.385 e. The zero-order valence-electron chi connectivity index (χ0n) is 7.35. The fourth-order valence-corrected chi connectivity index (χ4v) is 2.86. The van der Waals surface area contributed by atoms with Gasteiger partial charge < -0.3 is 5.11 Å². The number of hydrogen-bond donors (Lipinski definition) is 1. The molecule has 2 aliphatic carbocycles. The van der Waals surface area contributed by atoms with Gasteiger partial charge in [0.2, 0.25) is 0 Å². The summed E-state index contributed by atoms with van der Waals surface area (Å²) in [6.45, 7) is 8.29. The Labute approximate surface area is 68.1 Å². The first kappa shape index (κ1) is 7.35. The largest absolute Gasteiger partial charge is 0.385 e. The van der Waals surface area contributed by atoms with Crippen molar-refractivity contribution in [2.45, 2.75) is 38.7 Å². The Balaban J connectivity index is 2.47. The minimum atomic E-state index is -0.530. The lowest BCUT2D eigenvalue weighted by molar-refractivity contribution is 0.00115. The Hall–Kier alpha value is -0.300. The van der Waals surface area contributed by atoms with Gasteiger partial charge >= 0.3 is 0 Å². The van der Waals surface area contributed by atoms with Gasteiger partial charge in [0.05, 0.1) is 5.60 Å². The van der Waals surface area contributed by atoms with Gasteiger partial charge in [-0.25, -0.2) is 0 Å². The van der Waals surface area contributed by atoms with E-state index in [4.69, 9.17) is 0 Å². The third-order valence-electron chi connectivity index (χ3n) is 4.02. The molecule has 1 N–H and O–H groups in total. The van der Waals surface area contributed by atoms with Gasteiger partial charge in [-0.15, -0.1) is 0 Å². The summed E-state index contributed by atoms with van der Waals surface area (Å²) < 4.78 is 0. The predicted octanol–water partition coefficient (Wildman–Crippen LogP) is 2.11. The second kappa shape index (κ2) is 1.71. The van der Waals surface area contributed by atoms with E-state index in [0.717, 1.165) is 18.4 Å². The molecule has 11 heavy (non-hydrogen) atoms. The molecule has 2 saturated carbocycles. The highest BCUT2D eigenvalue weighted by atomic mass is 16.3. The molecule has 0 amide bonds. The third-order valence-corrected chi connectivity index (χ3v) is 4.02. The molecule has 2 rings (SSSR count).